The normalized spacial score (nSPS) is 19.3. The van der Waals surface area contributed by atoms with Gasteiger partial charge in [-0.25, -0.2) is 0 Å². The minimum atomic E-state index is -1.98. The average molecular weight is 275 g/mol. The summed E-state index contributed by atoms with van der Waals surface area (Å²) in [5.41, 5.74) is -0.145. The van der Waals surface area contributed by atoms with Crippen LogP contribution in [0.15, 0.2) is 21.5 Å². The molecule has 15 heavy (non-hydrogen) atoms. The van der Waals surface area contributed by atoms with Gasteiger partial charge in [-0.15, -0.1) is 0 Å². The molecule has 0 spiro atoms. The van der Waals surface area contributed by atoms with E-state index in [0.717, 1.165) is 11.5 Å². The molecule has 0 bridgehead atoms. The van der Waals surface area contributed by atoms with Crippen molar-refractivity contribution in [2.24, 2.45) is 10.8 Å². The van der Waals surface area contributed by atoms with Crippen LogP contribution in [0.25, 0.3) is 0 Å². The van der Waals surface area contributed by atoms with E-state index in [1.807, 2.05) is 0 Å². The number of rotatable bonds is 0. The van der Waals surface area contributed by atoms with Crippen LogP contribution in [0.2, 0.25) is 0 Å². The summed E-state index contributed by atoms with van der Waals surface area (Å²) in [6.45, 7) is 12.4. The fourth-order valence-corrected chi connectivity index (χ4v) is 3.78. The van der Waals surface area contributed by atoms with Crippen LogP contribution < -0.4 is 0 Å². The van der Waals surface area contributed by atoms with Gasteiger partial charge in [-0.2, -0.15) is 0 Å². The third kappa shape index (κ3) is 3.29. The molecular formula is C12H20O2Se. The van der Waals surface area contributed by atoms with Crippen LogP contribution >= 0.6 is 0 Å². The molecule has 0 saturated carbocycles. The van der Waals surface area contributed by atoms with E-state index in [1.54, 1.807) is 9.95 Å². The van der Waals surface area contributed by atoms with Crippen LogP contribution in [0, 0.1) is 10.8 Å². The van der Waals surface area contributed by atoms with Crippen molar-refractivity contribution in [3.8, 4) is 0 Å². The van der Waals surface area contributed by atoms with Gasteiger partial charge in [0.1, 0.15) is 0 Å². The molecule has 1 aliphatic heterocycles. The summed E-state index contributed by atoms with van der Waals surface area (Å²) in [5, 5.41) is 0. The Balaban J connectivity index is 3.00. The monoisotopic (exact) mass is 276 g/mol. The molecule has 0 aromatic carbocycles. The van der Waals surface area contributed by atoms with Crippen LogP contribution in [0.1, 0.15) is 41.5 Å². The van der Waals surface area contributed by atoms with E-state index in [9.17, 15) is 3.83 Å². The molecule has 0 aromatic rings. The van der Waals surface area contributed by atoms with E-state index >= 15 is 0 Å². The summed E-state index contributed by atoms with van der Waals surface area (Å²) in [7, 11) is 0. The number of hydrogen-bond donors (Lipinski definition) is 0. The Labute approximate surface area is 96.5 Å². The summed E-state index contributed by atoms with van der Waals surface area (Å²) in [4.78, 5) is 3.57. The molecule has 2 nitrogen and oxygen atoms in total. The van der Waals surface area contributed by atoms with Crippen molar-refractivity contribution in [2.75, 3.05) is 0 Å². The number of allylic oxidation sites excluding steroid dienone is 2. The number of hydrogen-bond acceptors (Lipinski definition) is 2. The maximum atomic E-state index is 11.8. The molecule has 0 fully saturated rings. The number of ether oxygens (including phenoxy) is 1. The van der Waals surface area contributed by atoms with Gasteiger partial charge >= 0.3 is 96.2 Å². The second-order valence-corrected chi connectivity index (χ2v) is 8.26. The fraction of sp³-hybridized carbons (Fsp3) is 0.667. The third-order valence-corrected chi connectivity index (χ3v) is 4.02. The van der Waals surface area contributed by atoms with Crippen molar-refractivity contribution < 1.29 is 8.57 Å². The van der Waals surface area contributed by atoms with Gasteiger partial charge in [-0.3, -0.25) is 0 Å². The Kier molecular flexibility index (Phi) is 3.27. The maximum absolute atomic E-state index is 11.8. The van der Waals surface area contributed by atoms with Gasteiger partial charge in [0.2, 0.25) is 0 Å². The van der Waals surface area contributed by atoms with Gasteiger partial charge < -0.3 is 0 Å². The standard InChI is InChI=1S/C12H20O2Se/c1-11(2,3)9-7-15(13)8-10(14-9)12(4,5)6/h7-8H,1-6H3. The van der Waals surface area contributed by atoms with Crippen LogP contribution in [-0.2, 0) is 8.57 Å². The van der Waals surface area contributed by atoms with Gasteiger partial charge in [-0.05, 0) is 0 Å². The molecule has 0 aliphatic carbocycles. The molecule has 0 N–H and O–H groups in total. The summed E-state index contributed by atoms with van der Waals surface area (Å²) < 4.78 is 17.6. The summed E-state index contributed by atoms with van der Waals surface area (Å²) in [5.74, 6) is 1.69. The van der Waals surface area contributed by atoms with E-state index in [4.69, 9.17) is 4.74 Å². The zero-order valence-electron chi connectivity index (χ0n) is 10.4. The second-order valence-electron chi connectivity index (χ2n) is 5.89. The topological polar surface area (TPSA) is 26.3 Å². The summed E-state index contributed by atoms with van der Waals surface area (Å²) >= 11 is -1.98. The van der Waals surface area contributed by atoms with Gasteiger partial charge in [0.15, 0.2) is 0 Å². The predicted octanol–water partition coefficient (Wildman–Crippen LogP) is 3.38. The minimum absolute atomic E-state index is 0.0725. The summed E-state index contributed by atoms with van der Waals surface area (Å²) in [6, 6.07) is 0. The molecule has 86 valence electrons. The van der Waals surface area contributed by atoms with E-state index in [2.05, 4.69) is 41.5 Å². The fourth-order valence-electron chi connectivity index (χ4n) is 1.07. The molecule has 1 rings (SSSR count). The molecule has 0 amide bonds. The Morgan fingerprint density at radius 1 is 0.933 bits per heavy atom. The van der Waals surface area contributed by atoms with Gasteiger partial charge in [0, 0.05) is 0 Å². The first kappa shape index (κ1) is 12.7. The van der Waals surface area contributed by atoms with Crippen molar-refractivity contribution in [1.29, 1.82) is 0 Å². The van der Waals surface area contributed by atoms with Crippen LogP contribution in [-0.4, -0.2) is 13.8 Å². The van der Waals surface area contributed by atoms with E-state index in [0.29, 0.717) is 0 Å². The molecule has 1 aliphatic rings. The quantitative estimate of drug-likeness (QED) is 0.633. The van der Waals surface area contributed by atoms with Crippen molar-refractivity contribution >= 4 is 13.8 Å². The molecular weight excluding hydrogens is 255 g/mol. The SMILES string of the molecule is CC(C)(C)C1=C[Se](=O)C=C(C(C)(C)C)O1. The van der Waals surface area contributed by atoms with E-state index < -0.39 is 13.8 Å². The summed E-state index contributed by atoms with van der Waals surface area (Å²) in [6.07, 6.45) is 0. The van der Waals surface area contributed by atoms with Gasteiger partial charge in [0.05, 0.1) is 0 Å². The van der Waals surface area contributed by atoms with E-state index in [1.165, 1.54) is 0 Å². The Bertz CT molecular complexity index is 306. The molecule has 0 unspecified atom stereocenters. The molecule has 0 atom stereocenters. The Morgan fingerprint density at radius 3 is 1.53 bits per heavy atom. The van der Waals surface area contributed by atoms with E-state index in [-0.39, 0.29) is 10.8 Å². The zero-order valence-corrected chi connectivity index (χ0v) is 12.1. The predicted molar refractivity (Wildman–Crippen MR) is 62.6 cm³/mol. The van der Waals surface area contributed by atoms with Crippen LogP contribution in [0.4, 0.5) is 0 Å². The molecule has 1 heterocycles. The van der Waals surface area contributed by atoms with Gasteiger partial charge in [-0.1, -0.05) is 0 Å². The first-order chi connectivity index (χ1) is 6.60. The van der Waals surface area contributed by atoms with Crippen molar-refractivity contribution in [3.63, 3.8) is 0 Å². The Morgan fingerprint density at radius 2 is 1.27 bits per heavy atom. The van der Waals surface area contributed by atoms with Crippen molar-refractivity contribution in [1.82, 2.24) is 0 Å². The van der Waals surface area contributed by atoms with Crippen LogP contribution in [0.3, 0.4) is 0 Å². The molecule has 0 saturated heterocycles. The van der Waals surface area contributed by atoms with Crippen molar-refractivity contribution in [2.45, 2.75) is 41.5 Å². The zero-order chi connectivity index (χ0) is 11.9. The second kappa shape index (κ2) is 3.88. The average Bonchev–Trinajstić information content (AvgIpc) is 1.99. The van der Waals surface area contributed by atoms with Gasteiger partial charge in [0.25, 0.3) is 0 Å². The molecule has 0 aromatic heterocycles. The third-order valence-electron chi connectivity index (χ3n) is 2.14. The molecule has 0 radical (unpaired) electrons. The molecule has 3 heteroatoms. The van der Waals surface area contributed by atoms with Crippen molar-refractivity contribution in [3.05, 3.63) is 21.5 Å². The Hall–Kier alpha value is -0.401. The first-order valence-corrected chi connectivity index (χ1v) is 7.80. The first-order valence-electron chi connectivity index (χ1n) is 5.12. The van der Waals surface area contributed by atoms with Crippen LogP contribution in [0.5, 0.6) is 0 Å².